The zero-order valence-corrected chi connectivity index (χ0v) is 15.9. The minimum Gasteiger partial charge on any atom is -0.450 e. The number of carbonyl (C=O) groups excluding carboxylic acids is 2. The number of carbonyl (C=O) groups is 2. The van der Waals surface area contributed by atoms with Crippen LogP contribution in [-0.4, -0.2) is 83.8 Å². The maximum atomic E-state index is 12.8. The van der Waals surface area contributed by atoms with E-state index in [0.29, 0.717) is 51.0 Å². The SMILES string of the molecule is CCOC(=O)N1CCN(C(=O)c2cc(C)nc(NCC3CCCO3)n2)CC1. The summed E-state index contributed by atoms with van der Waals surface area (Å²) in [5.74, 6) is 0.295. The zero-order chi connectivity index (χ0) is 19.2. The molecule has 27 heavy (non-hydrogen) atoms. The van der Waals surface area contributed by atoms with Crippen LogP contribution in [0.25, 0.3) is 0 Å². The Morgan fingerprint density at radius 3 is 2.67 bits per heavy atom. The first-order valence-electron chi connectivity index (χ1n) is 9.49. The molecule has 1 atom stereocenters. The molecule has 1 aromatic rings. The standard InChI is InChI=1S/C18H27N5O4/c1-3-26-18(25)23-8-6-22(7-9-23)16(24)15-11-13(2)20-17(21-15)19-12-14-5-4-10-27-14/h11,14H,3-10,12H2,1-2H3,(H,19,20,21). The highest BCUT2D eigenvalue weighted by Crippen LogP contribution is 2.14. The van der Waals surface area contributed by atoms with Crippen molar-refractivity contribution >= 4 is 17.9 Å². The second-order valence-electron chi connectivity index (χ2n) is 6.71. The molecule has 0 aliphatic carbocycles. The lowest BCUT2D eigenvalue weighted by molar-refractivity contribution is 0.0566. The summed E-state index contributed by atoms with van der Waals surface area (Å²) in [5.41, 5.74) is 1.09. The van der Waals surface area contributed by atoms with Gasteiger partial charge in [-0.3, -0.25) is 4.79 Å². The fourth-order valence-corrected chi connectivity index (χ4v) is 3.24. The van der Waals surface area contributed by atoms with Crippen molar-refractivity contribution in [2.45, 2.75) is 32.8 Å². The Morgan fingerprint density at radius 2 is 2.00 bits per heavy atom. The van der Waals surface area contributed by atoms with Gasteiger partial charge in [0.15, 0.2) is 0 Å². The summed E-state index contributed by atoms with van der Waals surface area (Å²) >= 11 is 0. The maximum absolute atomic E-state index is 12.8. The van der Waals surface area contributed by atoms with Crippen LogP contribution in [0.2, 0.25) is 0 Å². The molecule has 0 saturated carbocycles. The van der Waals surface area contributed by atoms with Crippen LogP contribution in [0.5, 0.6) is 0 Å². The predicted molar refractivity (Wildman–Crippen MR) is 98.7 cm³/mol. The minimum absolute atomic E-state index is 0.149. The molecule has 148 valence electrons. The molecule has 2 aliphatic rings. The molecule has 2 aliphatic heterocycles. The van der Waals surface area contributed by atoms with Gasteiger partial charge in [-0.15, -0.1) is 0 Å². The van der Waals surface area contributed by atoms with Crippen LogP contribution >= 0.6 is 0 Å². The first-order valence-corrected chi connectivity index (χ1v) is 9.49. The Morgan fingerprint density at radius 1 is 1.26 bits per heavy atom. The van der Waals surface area contributed by atoms with Crippen molar-refractivity contribution in [3.8, 4) is 0 Å². The van der Waals surface area contributed by atoms with Crippen molar-refractivity contribution in [3.63, 3.8) is 0 Å². The van der Waals surface area contributed by atoms with Crippen LogP contribution in [0.15, 0.2) is 6.07 Å². The van der Waals surface area contributed by atoms with Crippen LogP contribution in [0.4, 0.5) is 10.7 Å². The van der Waals surface area contributed by atoms with Gasteiger partial charge in [-0.05, 0) is 32.8 Å². The molecule has 1 N–H and O–H groups in total. The van der Waals surface area contributed by atoms with Crippen molar-refractivity contribution in [1.82, 2.24) is 19.8 Å². The molecule has 2 fully saturated rings. The van der Waals surface area contributed by atoms with Gasteiger partial charge in [0.05, 0.1) is 12.7 Å². The Balaban J connectivity index is 1.58. The smallest absolute Gasteiger partial charge is 0.409 e. The van der Waals surface area contributed by atoms with Crippen LogP contribution in [-0.2, 0) is 9.47 Å². The molecular weight excluding hydrogens is 350 g/mol. The van der Waals surface area contributed by atoms with Gasteiger partial charge in [0.2, 0.25) is 5.95 Å². The van der Waals surface area contributed by atoms with Gasteiger partial charge in [0.25, 0.3) is 5.91 Å². The number of ether oxygens (including phenoxy) is 2. The summed E-state index contributed by atoms with van der Waals surface area (Å²) in [7, 11) is 0. The van der Waals surface area contributed by atoms with Gasteiger partial charge < -0.3 is 24.6 Å². The number of rotatable bonds is 5. The van der Waals surface area contributed by atoms with Gasteiger partial charge in [-0.25, -0.2) is 14.8 Å². The third-order valence-electron chi connectivity index (χ3n) is 4.68. The lowest BCUT2D eigenvalue weighted by Gasteiger charge is -2.33. The highest BCUT2D eigenvalue weighted by atomic mass is 16.6. The first-order chi connectivity index (χ1) is 13.1. The number of aromatic nitrogens is 2. The normalized spacial score (nSPS) is 19.9. The average Bonchev–Trinajstić information content (AvgIpc) is 3.19. The first kappa shape index (κ1) is 19.3. The second-order valence-corrected chi connectivity index (χ2v) is 6.71. The lowest BCUT2D eigenvalue weighted by Crippen LogP contribution is -2.50. The highest BCUT2D eigenvalue weighted by molar-refractivity contribution is 5.92. The van der Waals surface area contributed by atoms with E-state index in [1.165, 1.54) is 0 Å². The summed E-state index contributed by atoms with van der Waals surface area (Å²) < 4.78 is 10.6. The average molecular weight is 377 g/mol. The fourth-order valence-electron chi connectivity index (χ4n) is 3.24. The van der Waals surface area contributed by atoms with Gasteiger partial charge in [-0.1, -0.05) is 0 Å². The number of nitrogens with one attached hydrogen (secondary N) is 1. The monoisotopic (exact) mass is 377 g/mol. The minimum atomic E-state index is -0.330. The Kier molecular flexibility index (Phi) is 6.44. The lowest BCUT2D eigenvalue weighted by atomic mass is 10.2. The van der Waals surface area contributed by atoms with Gasteiger partial charge >= 0.3 is 6.09 Å². The van der Waals surface area contributed by atoms with E-state index in [2.05, 4.69) is 15.3 Å². The summed E-state index contributed by atoms with van der Waals surface area (Å²) in [6.45, 7) is 7.22. The molecule has 3 heterocycles. The van der Waals surface area contributed by atoms with Crippen LogP contribution in [0.3, 0.4) is 0 Å². The van der Waals surface area contributed by atoms with E-state index in [1.54, 1.807) is 22.8 Å². The Hall–Kier alpha value is -2.42. The summed E-state index contributed by atoms with van der Waals surface area (Å²) in [6.07, 6.45) is 1.94. The summed E-state index contributed by atoms with van der Waals surface area (Å²) in [6, 6.07) is 1.69. The molecule has 0 aromatic carbocycles. The topological polar surface area (TPSA) is 96.9 Å². The van der Waals surface area contributed by atoms with E-state index in [0.717, 1.165) is 25.1 Å². The quantitative estimate of drug-likeness (QED) is 0.826. The second kappa shape index (κ2) is 8.98. The van der Waals surface area contributed by atoms with E-state index in [9.17, 15) is 9.59 Å². The molecule has 3 rings (SSSR count). The molecule has 2 saturated heterocycles. The number of piperazine rings is 1. The third kappa shape index (κ3) is 5.06. The number of hydrogen-bond acceptors (Lipinski definition) is 7. The molecular formula is C18H27N5O4. The van der Waals surface area contributed by atoms with E-state index in [-0.39, 0.29) is 18.1 Å². The maximum Gasteiger partial charge on any atom is 0.409 e. The number of anilines is 1. The predicted octanol–water partition coefficient (Wildman–Crippen LogP) is 1.29. The third-order valence-corrected chi connectivity index (χ3v) is 4.68. The van der Waals surface area contributed by atoms with Gasteiger partial charge in [-0.2, -0.15) is 0 Å². The molecule has 0 spiro atoms. The van der Waals surface area contributed by atoms with Crippen molar-refractivity contribution in [1.29, 1.82) is 0 Å². The molecule has 9 heteroatoms. The van der Waals surface area contributed by atoms with Crippen molar-refractivity contribution < 1.29 is 19.1 Å². The summed E-state index contributed by atoms with van der Waals surface area (Å²) in [4.78, 5) is 36.7. The molecule has 0 radical (unpaired) electrons. The largest absolute Gasteiger partial charge is 0.450 e. The molecule has 0 bridgehead atoms. The fraction of sp³-hybridized carbons (Fsp3) is 0.667. The number of nitrogens with zero attached hydrogens (tertiary/aromatic N) is 4. The summed E-state index contributed by atoms with van der Waals surface area (Å²) in [5, 5.41) is 3.17. The molecule has 2 amide bonds. The van der Waals surface area contributed by atoms with Crippen molar-refractivity contribution in [3.05, 3.63) is 17.5 Å². The number of amides is 2. The van der Waals surface area contributed by atoms with E-state index >= 15 is 0 Å². The number of aryl methyl sites for hydroxylation is 1. The van der Waals surface area contributed by atoms with Crippen molar-refractivity contribution in [2.75, 3.05) is 51.3 Å². The van der Waals surface area contributed by atoms with Gasteiger partial charge in [0, 0.05) is 45.0 Å². The van der Waals surface area contributed by atoms with Crippen LogP contribution in [0.1, 0.15) is 35.9 Å². The Bertz CT molecular complexity index is 670. The molecule has 1 aromatic heterocycles. The van der Waals surface area contributed by atoms with Crippen LogP contribution in [0, 0.1) is 6.92 Å². The zero-order valence-electron chi connectivity index (χ0n) is 15.9. The molecule has 1 unspecified atom stereocenters. The van der Waals surface area contributed by atoms with Crippen molar-refractivity contribution in [2.24, 2.45) is 0 Å². The van der Waals surface area contributed by atoms with E-state index in [4.69, 9.17) is 9.47 Å². The van der Waals surface area contributed by atoms with E-state index < -0.39 is 0 Å². The van der Waals surface area contributed by atoms with Crippen LogP contribution < -0.4 is 5.32 Å². The highest BCUT2D eigenvalue weighted by Gasteiger charge is 2.26. The van der Waals surface area contributed by atoms with E-state index in [1.807, 2.05) is 6.92 Å². The number of hydrogen-bond donors (Lipinski definition) is 1. The van der Waals surface area contributed by atoms with Gasteiger partial charge in [0.1, 0.15) is 5.69 Å². The Labute approximate surface area is 159 Å². The molecule has 9 nitrogen and oxygen atoms in total.